The zero-order chi connectivity index (χ0) is 9.84. The van der Waals surface area contributed by atoms with Gasteiger partial charge in [0.05, 0.1) is 0 Å². The van der Waals surface area contributed by atoms with E-state index < -0.39 is 6.08 Å². The third-order valence-corrected chi connectivity index (χ3v) is 1.81. The third-order valence-electron chi connectivity index (χ3n) is 1.20. The Labute approximate surface area is 78.3 Å². The van der Waals surface area contributed by atoms with Gasteiger partial charge in [-0.05, 0) is 0 Å². The van der Waals surface area contributed by atoms with Crippen LogP contribution in [0.1, 0.15) is 0 Å². The molecule has 0 unspecified atom stereocenters. The highest BCUT2D eigenvalue weighted by atomic mass is 32.1. The molecule has 0 aliphatic carbocycles. The summed E-state index contributed by atoms with van der Waals surface area (Å²) in [5.74, 6) is -0.212. The van der Waals surface area contributed by atoms with Gasteiger partial charge in [-0.2, -0.15) is 9.37 Å². The number of aromatic nitrogens is 2. The average Bonchev–Trinajstić information content (AvgIpc) is 2.47. The van der Waals surface area contributed by atoms with Gasteiger partial charge in [0.15, 0.2) is 6.61 Å². The molecule has 0 atom stereocenters. The lowest BCUT2D eigenvalue weighted by Gasteiger charge is -2.08. The summed E-state index contributed by atoms with van der Waals surface area (Å²) < 4.78 is 20.3. The summed E-state index contributed by atoms with van der Waals surface area (Å²) >= 11 is 0.774. The van der Waals surface area contributed by atoms with Gasteiger partial charge in [0.1, 0.15) is 0 Å². The minimum absolute atomic E-state index is 0.0627. The van der Waals surface area contributed by atoms with Gasteiger partial charge >= 0.3 is 6.08 Å². The fourth-order valence-corrected chi connectivity index (χ4v) is 0.926. The van der Waals surface area contributed by atoms with Crippen molar-refractivity contribution in [1.82, 2.24) is 14.3 Å². The zero-order valence-electron chi connectivity index (χ0n) is 7.15. The summed E-state index contributed by atoms with van der Waals surface area (Å²) in [6, 6.07) is 0. The van der Waals surface area contributed by atoms with E-state index in [4.69, 9.17) is 4.74 Å². The lowest BCUT2D eigenvalue weighted by Crippen LogP contribution is -2.27. The molecule has 0 radical (unpaired) electrons. The first-order chi connectivity index (χ1) is 6.09. The zero-order valence-corrected chi connectivity index (χ0v) is 7.97. The van der Waals surface area contributed by atoms with Crippen LogP contribution in [0.3, 0.4) is 0 Å². The first kappa shape index (κ1) is 9.85. The van der Waals surface area contributed by atoms with Gasteiger partial charge < -0.3 is 9.64 Å². The highest BCUT2D eigenvalue weighted by Crippen LogP contribution is 2.12. The van der Waals surface area contributed by atoms with Gasteiger partial charge in [-0.15, -0.1) is 4.37 Å². The number of rotatable bonds is 3. The van der Waals surface area contributed by atoms with E-state index in [0.717, 1.165) is 11.5 Å². The fraction of sp³-hybridized carbons (Fsp3) is 0.500. The number of carbonyl (C=O) groups excluding carboxylic acids is 1. The molecule has 1 aromatic rings. The Morgan fingerprint density at radius 1 is 1.69 bits per heavy atom. The van der Waals surface area contributed by atoms with Crippen LogP contribution in [0.15, 0.2) is 0 Å². The van der Waals surface area contributed by atoms with Crippen molar-refractivity contribution in [3.63, 3.8) is 0 Å². The Bertz CT molecular complexity index is 302. The van der Waals surface area contributed by atoms with Crippen molar-refractivity contribution in [2.24, 2.45) is 0 Å². The van der Waals surface area contributed by atoms with E-state index in [1.165, 1.54) is 4.90 Å². The molecule has 0 N–H and O–H groups in total. The van der Waals surface area contributed by atoms with Crippen LogP contribution in [0.4, 0.5) is 4.39 Å². The molecule has 0 aliphatic rings. The van der Waals surface area contributed by atoms with Crippen molar-refractivity contribution >= 4 is 17.4 Å². The maximum Gasteiger partial charge on any atom is 0.323 e. The molecule has 13 heavy (non-hydrogen) atoms. The topological polar surface area (TPSA) is 55.3 Å². The van der Waals surface area contributed by atoms with Crippen LogP contribution in [0.2, 0.25) is 0 Å². The SMILES string of the molecule is CN(C)C(=O)COc1nc(F)ns1. The summed E-state index contributed by atoms with van der Waals surface area (Å²) in [7, 11) is 3.21. The molecule has 1 rings (SSSR count). The van der Waals surface area contributed by atoms with Crippen LogP contribution in [-0.2, 0) is 4.79 Å². The Hall–Kier alpha value is -1.24. The molecule has 5 nitrogen and oxygen atoms in total. The van der Waals surface area contributed by atoms with Gasteiger partial charge in [-0.1, -0.05) is 0 Å². The van der Waals surface area contributed by atoms with Crippen molar-refractivity contribution in [1.29, 1.82) is 0 Å². The predicted molar refractivity (Wildman–Crippen MR) is 44.1 cm³/mol. The minimum atomic E-state index is -0.836. The summed E-state index contributed by atoms with van der Waals surface area (Å²) in [4.78, 5) is 15.6. The maximum absolute atomic E-state index is 12.2. The molecule has 0 bridgehead atoms. The van der Waals surface area contributed by atoms with Gasteiger partial charge in [-0.25, -0.2) is 0 Å². The average molecular weight is 205 g/mol. The van der Waals surface area contributed by atoms with Crippen LogP contribution in [0.25, 0.3) is 0 Å². The van der Waals surface area contributed by atoms with E-state index in [-0.39, 0.29) is 17.7 Å². The predicted octanol–water partition coefficient (Wildman–Crippen LogP) is 0.144. The molecule has 0 fully saturated rings. The van der Waals surface area contributed by atoms with Gasteiger partial charge in [0, 0.05) is 25.6 Å². The third kappa shape index (κ3) is 2.94. The molecule has 0 aliphatic heterocycles. The molecule has 0 saturated heterocycles. The van der Waals surface area contributed by atoms with Crippen molar-refractivity contribution < 1.29 is 13.9 Å². The number of halogens is 1. The van der Waals surface area contributed by atoms with Gasteiger partial charge in [0.25, 0.3) is 11.1 Å². The maximum atomic E-state index is 12.2. The Balaban J connectivity index is 2.39. The molecule has 7 heteroatoms. The Morgan fingerprint density at radius 2 is 2.38 bits per heavy atom. The molecule has 72 valence electrons. The number of hydrogen-bond donors (Lipinski definition) is 0. The number of ether oxygens (including phenoxy) is 1. The van der Waals surface area contributed by atoms with Crippen LogP contribution >= 0.6 is 11.5 Å². The lowest BCUT2D eigenvalue weighted by atomic mass is 10.6. The normalized spacial score (nSPS) is 9.77. The molecule has 0 aromatic carbocycles. The number of amides is 1. The summed E-state index contributed by atoms with van der Waals surface area (Å²) in [5, 5.41) is 0.0627. The highest BCUT2D eigenvalue weighted by Gasteiger charge is 2.08. The molecule has 1 heterocycles. The Kier molecular flexibility index (Phi) is 3.13. The molecule has 1 aromatic heterocycles. The summed E-state index contributed by atoms with van der Waals surface area (Å²) in [6.07, 6.45) is -0.836. The Morgan fingerprint density at radius 3 is 2.85 bits per heavy atom. The molecule has 0 spiro atoms. The van der Waals surface area contributed by atoms with Crippen molar-refractivity contribution in [3.05, 3.63) is 6.08 Å². The standard InChI is InChI=1S/C6H8FN3O2S/c1-10(2)4(11)3-12-6-8-5(7)9-13-6/h3H2,1-2H3. The van der Waals surface area contributed by atoms with Gasteiger partial charge in [-0.3, -0.25) is 4.79 Å². The lowest BCUT2D eigenvalue weighted by molar-refractivity contribution is -0.130. The monoisotopic (exact) mass is 205 g/mol. The van der Waals surface area contributed by atoms with E-state index >= 15 is 0 Å². The fourth-order valence-electron chi connectivity index (χ4n) is 0.504. The number of carbonyl (C=O) groups is 1. The second-order valence-corrected chi connectivity index (χ2v) is 3.12. The first-order valence-corrected chi connectivity index (χ1v) is 4.19. The van der Waals surface area contributed by atoms with E-state index in [1.807, 2.05) is 0 Å². The summed E-state index contributed by atoms with van der Waals surface area (Å²) in [5.41, 5.74) is 0. The largest absolute Gasteiger partial charge is 0.459 e. The molecular weight excluding hydrogens is 197 g/mol. The van der Waals surface area contributed by atoms with Crippen molar-refractivity contribution in [2.75, 3.05) is 20.7 Å². The second kappa shape index (κ2) is 4.13. The molecular formula is C6H8FN3O2S. The minimum Gasteiger partial charge on any atom is -0.459 e. The first-order valence-electron chi connectivity index (χ1n) is 3.42. The quantitative estimate of drug-likeness (QED) is 0.704. The number of hydrogen-bond acceptors (Lipinski definition) is 5. The number of nitrogens with zero attached hydrogens (tertiary/aromatic N) is 3. The summed E-state index contributed by atoms with van der Waals surface area (Å²) in [6.45, 7) is -0.151. The smallest absolute Gasteiger partial charge is 0.323 e. The van der Waals surface area contributed by atoms with Crippen LogP contribution in [-0.4, -0.2) is 40.9 Å². The van der Waals surface area contributed by atoms with Crippen LogP contribution in [0, 0.1) is 6.08 Å². The van der Waals surface area contributed by atoms with Crippen molar-refractivity contribution in [3.8, 4) is 5.19 Å². The van der Waals surface area contributed by atoms with Crippen LogP contribution < -0.4 is 4.74 Å². The van der Waals surface area contributed by atoms with E-state index in [1.54, 1.807) is 14.1 Å². The highest BCUT2D eigenvalue weighted by molar-refractivity contribution is 7.07. The van der Waals surface area contributed by atoms with E-state index in [2.05, 4.69) is 9.36 Å². The van der Waals surface area contributed by atoms with E-state index in [0.29, 0.717) is 0 Å². The van der Waals surface area contributed by atoms with Crippen LogP contribution in [0.5, 0.6) is 5.19 Å². The molecule has 0 saturated carbocycles. The number of likely N-dealkylation sites (N-methyl/N-ethyl adjacent to an activating group) is 1. The van der Waals surface area contributed by atoms with Crippen molar-refractivity contribution in [2.45, 2.75) is 0 Å². The van der Waals surface area contributed by atoms with Gasteiger partial charge in [0.2, 0.25) is 0 Å². The van der Waals surface area contributed by atoms with E-state index in [9.17, 15) is 9.18 Å². The molecule has 1 amide bonds. The second-order valence-electron chi connectivity index (χ2n) is 2.41.